The number of para-hydroxylation sites is 2. The number of fused-ring (bicyclic) bond motifs is 1. The van der Waals surface area contributed by atoms with E-state index in [1.165, 1.54) is 4.90 Å². The molecule has 0 spiro atoms. The molecule has 0 fully saturated rings. The van der Waals surface area contributed by atoms with Crippen LogP contribution in [0.15, 0.2) is 60.4 Å². The third-order valence-electron chi connectivity index (χ3n) is 4.08. The Hall–Kier alpha value is -3.08. The number of unbranched alkanes of at least 4 members (excludes halogenated alkanes) is 1. The molecule has 0 atom stereocenters. The minimum Gasteiger partial charge on any atom is -0.449 e. The molecule has 5 nitrogen and oxygen atoms in total. The summed E-state index contributed by atoms with van der Waals surface area (Å²) < 4.78 is 5.80. The lowest BCUT2D eigenvalue weighted by atomic mass is 10.1. The maximum absolute atomic E-state index is 12.9. The first-order valence-electron chi connectivity index (χ1n) is 8.81. The summed E-state index contributed by atoms with van der Waals surface area (Å²) in [5.41, 5.74) is 1.47. The van der Waals surface area contributed by atoms with Gasteiger partial charge in [-0.05, 0) is 30.2 Å². The lowest BCUT2D eigenvalue weighted by Crippen LogP contribution is -2.44. The second-order valence-corrected chi connectivity index (χ2v) is 6.08. The normalized spacial score (nSPS) is 14.7. The highest BCUT2D eigenvalue weighted by Gasteiger charge is 2.31. The highest BCUT2D eigenvalue weighted by molar-refractivity contribution is 6.12. The van der Waals surface area contributed by atoms with Crippen LogP contribution in [0.1, 0.15) is 25.3 Å². The number of anilines is 1. The molecule has 26 heavy (non-hydrogen) atoms. The van der Waals surface area contributed by atoms with Crippen molar-refractivity contribution < 1.29 is 14.3 Å². The first-order chi connectivity index (χ1) is 12.7. The number of rotatable bonds is 6. The van der Waals surface area contributed by atoms with Gasteiger partial charge < -0.3 is 10.1 Å². The summed E-state index contributed by atoms with van der Waals surface area (Å²) in [4.78, 5) is 26.6. The van der Waals surface area contributed by atoms with Crippen molar-refractivity contribution in [1.29, 1.82) is 0 Å². The van der Waals surface area contributed by atoms with E-state index in [1.54, 1.807) is 18.2 Å². The van der Waals surface area contributed by atoms with Crippen molar-refractivity contribution in [2.45, 2.75) is 19.8 Å². The van der Waals surface area contributed by atoms with E-state index in [0.717, 1.165) is 18.4 Å². The van der Waals surface area contributed by atoms with Gasteiger partial charge in [0.25, 0.3) is 5.91 Å². The van der Waals surface area contributed by atoms with E-state index >= 15 is 0 Å². The molecule has 0 unspecified atom stereocenters. The Morgan fingerprint density at radius 3 is 2.62 bits per heavy atom. The Morgan fingerprint density at radius 1 is 1.12 bits per heavy atom. The third kappa shape index (κ3) is 4.11. The molecule has 0 aromatic heterocycles. The maximum Gasteiger partial charge on any atom is 0.294 e. The van der Waals surface area contributed by atoms with Crippen LogP contribution in [0.3, 0.4) is 0 Å². The van der Waals surface area contributed by atoms with Gasteiger partial charge in [-0.25, -0.2) is 0 Å². The number of amides is 2. The Morgan fingerprint density at radius 2 is 1.85 bits per heavy atom. The fraction of sp³-hybridized carbons (Fsp3) is 0.238. The van der Waals surface area contributed by atoms with E-state index < -0.39 is 0 Å². The quantitative estimate of drug-likeness (QED) is 0.642. The Balaban J connectivity index is 1.86. The second-order valence-electron chi connectivity index (χ2n) is 6.08. The smallest absolute Gasteiger partial charge is 0.294 e. The fourth-order valence-electron chi connectivity index (χ4n) is 2.72. The maximum atomic E-state index is 12.9. The molecule has 0 bridgehead atoms. The molecule has 0 saturated heterocycles. The van der Waals surface area contributed by atoms with Gasteiger partial charge in [0.1, 0.15) is 6.54 Å². The lowest BCUT2D eigenvalue weighted by molar-refractivity contribution is -0.123. The zero-order chi connectivity index (χ0) is 18.4. The molecule has 134 valence electrons. The van der Waals surface area contributed by atoms with Crippen LogP contribution in [0, 0.1) is 0 Å². The minimum absolute atomic E-state index is 0.0327. The first kappa shape index (κ1) is 17.7. The standard InChI is InChI=1S/C21H22N2O3/c1-2-3-13-22-20(24)15-23-17-11-7-8-12-18(17)26-19(21(23)25)14-16-9-5-4-6-10-16/h4-12,14H,2-3,13,15H2,1H3,(H,22,24). The number of nitrogens with zero attached hydrogens (tertiary/aromatic N) is 1. The number of carbonyl (C=O) groups excluding carboxylic acids is 2. The lowest BCUT2D eigenvalue weighted by Gasteiger charge is -2.30. The number of hydrogen-bond donors (Lipinski definition) is 1. The van der Waals surface area contributed by atoms with E-state index in [4.69, 9.17) is 4.74 Å². The van der Waals surface area contributed by atoms with Gasteiger partial charge >= 0.3 is 0 Å². The van der Waals surface area contributed by atoms with Gasteiger partial charge in [0.05, 0.1) is 5.69 Å². The summed E-state index contributed by atoms with van der Waals surface area (Å²) in [6.45, 7) is 2.64. The van der Waals surface area contributed by atoms with Crippen LogP contribution in [0.25, 0.3) is 6.08 Å². The zero-order valence-corrected chi connectivity index (χ0v) is 14.8. The monoisotopic (exact) mass is 350 g/mol. The molecule has 2 aromatic carbocycles. The van der Waals surface area contributed by atoms with E-state index in [2.05, 4.69) is 12.2 Å². The number of hydrogen-bond acceptors (Lipinski definition) is 3. The summed E-state index contributed by atoms with van der Waals surface area (Å²) in [7, 11) is 0. The van der Waals surface area contributed by atoms with Gasteiger partial charge in [-0.15, -0.1) is 0 Å². The van der Waals surface area contributed by atoms with Crippen LogP contribution in [0.5, 0.6) is 5.75 Å². The average molecular weight is 350 g/mol. The number of benzene rings is 2. The molecule has 0 aliphatic carbocycles. The molecule has 1 aliphatic heterocycles. The molecular weight excluding hydrogens is 328 g/mol. The van der Waals surface area contributed by atoms with Crippen molar-refractivity contribution in [2.75, 3.05) is 18.0 Å². The van der Waals surface area contributed by atoms with Crippen LogP contribution in [0.4, 0.5) is 5.69 Å². The third-order valence-corrected chi connectivity index (χ3v) is 4.08. The predicted octanol–water partition coefficient (Wildman–Crippen LogP) is 3.37. The SMILES string of the molecule is CCCCNC(=O)CN1C(=O)C(=Cc2ccccc2)Oc2ccccc21. The first-order valence-corrected chi connectivity index (χ1v) is 8.81. The summed E-state index contributed by atoms with van der Waals surface area (Å²) in [6, 6.07) is 16.7. The fourth-order valence-corrected chi connectivity index (χ4v) is 2.72. The summed E-state index contributed by atoms with van der Waals surface area (Å²) in [6.07, 6.45) is 3.61. The van der Waals surface area contributed by atoms with Crippen molar-refractivity contribution in [3.8, 4) is 5.75 Å². The largest absolute Gasteiger partial charge is 0.449 e. The Labute approximate surface area is 153 Å². The molecule has 3 rings (SSSR count). The molecule has 2 aromatic rings. The second kappa shape index (κ2) is 8.34. The van der Waals surface area contributed by atoms with E-state index in [1.807, 2.05) is 42.5 Å². The summed E-state index contributed by atoms with van der Waals surface area (Å²) >= 11 is 0. The predicted molar refractivity (Wildman–Crippen MR) is 102 cm³/mol. The molecule has 1 aliphatic rings. The van der Waals surface area contributed by atoms with Crippen molar-refractivity contribution in [3.05, 3.63) is 65.9 Å². The molecule has 0 radical (unpaired) electrons. The van der Waals surface area contributed by atoms with Crippen molar-refractivity contribution >= 4 is 23.6 Å². The number of carbonyl (C=O) groups is 2. The van der Waals surface area contributed by atoms with Gasteiger partial charge in [0, 0.05) is 6.54 Å². The number of nitrogens with one attached hydrogen (secondary N) is 1. The average Bonchev–Trinajstić information content (AvgIpc) is 2.66. The highest BCUT2D eigenvalue weighted by Crippen LogP contribution is 2.35. The Kier molecular flexibility index (Phi) is 5.69. The zero-order valence-electron chi connectivity index (χ0n) is 14.8. The van der Waals surface area contributed by atoms with Crippen LogP contribution in [-0.4, -0.2) is 24.9 Å². The topological polar surface area (TPSA) is 58.6 Å². The van der Waals surface area contributed by atoms with Crippen LogP contribution in [-0.2, 0) is 9.59 Å². The van der Waals surface area contributed by atoms with Gasteiger partial charge in [0.2, 0.25) is 5.91 Å². The Bertz CT molecular complexity index is 815. The summed E-state index contributed by atoms with van der Waals surface area (Å²) in [5.74, 6) is 0.271. The van der Waals surface area contributed by atoms with Crippen LogP contribution >= 0.6 is 0 Å². The molecule has 2 amide bonds. The molecule has 1 N–H and O–H groups in total. The van der Waals surface area contributed by atoms with Gasteiger partial charge in [-0.1, -0.05) is 55.8 Å². The van der Waals surface area contributed by atoms with E-state index in [0.29, 0.717) is 18.0 Å². The van der Waals surface area contributed by atoms with Gasteiger partial charge in [-0.3, -0.25) is 14.5 Å². The molecular formula is C21H22N2O3. The van der Waals surface area contributed by atoms with Crippen molar-refractivity contribution in [1.82, 2.24) is 5.32 Å². The van der Waals surface area contributed by atoms with Crippen molar-refractivity contribution in [2.24, 2.45) is 0 Å². The molecule has 0 saturated carbocycles. The molecule has 1 heterocycles. The van der Waals surface area contributed by atoms with E-state index in [9.17, 15) is 9.59 Å². The van der Waals surface area contributed by atoms with Crippen LogP contribution < -0.4 is 15.0 Å². The van der Waals surface area contributed by atoms with E-state index in [-0.39, 0.29) is 24.1 Å². The minimum atomic E-state index is -0.321. The van der Waals surface area contributed by atoms with Gasteiger partial charge in [-0.2, -0.15) is 0 Å². The highest BCUT2D eigenvalue weighted by atomic mass is 16.5. The van der Waals surface area contributed by atoms with Gasteiger partial charge in [0.15, 0.2) is 11.5 Å². The molecule has 5 heteroatoms. The summed E-state index contributed by atoms with van der Waals surface area (Å²) in [5, 5.41) is 2.85. The van der Waals surface area contributed by atoms with Crippen LogP contribution in [0.2, 0.25) is 0 Å². The van der Waals surface area contributed by atoms with Crippen molar-refractivity contribution in [3.63, 3.8) is 0 Å². The number of ether oxygens (including phenoxy) is 1.